The number of nitrogens with zero attached hydrogens (tertiary/aromatic N) is 1. The quantitative estimate of drug-likeness (QED) is 0.671. The van der Waals surface area contributed by atoms with Gasteiger partial charge < -0.3 is 5.73 Å². The molecular weight excluding hydrogens is 138 g/mol. The molecule has 1 fully saturated rings. The third-order valence-electron chi connectivity index (χ3n) is 2.70. The number of nitrogens with two attached hydrogens (primary N) is 1. The second kappa shape index (κ2) is 2.00. The maximum absolute atomic E-state index is 5.52. The SMILES string of the molecule is CCC1(c2cc(N)n[nH]2)CC1. The highest BCUT2D eigenvalue weighted by Gasteiger charge is 2.43. The zero-order chi connectivity index (χ0) is 7.90. The molecule has 2 rings (SSSR count). The number of anilines is 1. The number of nitrogens with one attached hydrogen (secondary N) is 1. The van der Waals surface area contributed by atoms with E-state index in [9.17, 15) is 0 Å². The van der Waals surface area contributed by atoms with Crippen molar-refractivity contribution in [1.29, 1.82) is 0 Å². The lowest BCUT2D eigenvalue weighted by Gasteiger charge is -2.07. The summed E-state index contributed by atoms with van der Waals surface area (Å²) >= 11 is 0. The largest absolute Gasteiger partial charge is 0.382 e. The summed E-state index contributed by atoms with van der Waals surface area (Å²) in [5.74, 6) is 0.611. The molecule has 3 nitrogen and oxygen atoms in total. The Bertz CT molecular complexity index is 260. The van der Waals surface area contributed by atoms with E-state index in [0.29, 0.717) is 11.2 Å². The van der Waals surface area contributed by atoms with Crippen LogP contribution in [0.3, 0.4) is 0 Å². The molecule has 3 N–H and O–H groups in total. The van der Waals surface area contributed by atoms with Crippen molar-refractivity contribution in [2.24, 2.45) is 0 Å². The molecule has 1 saturated carbocycles. The van der Waals surface area contributed by atoms with Crippen LogP contribution >= 0.6 is 0 Å². The van der Waals surface area contributed by atoms with Gasteiger partial charge in [-0.15, -0.1) is 0 Å². The first kappa shape index (κ1) is 6.70. The molecule has 1 aliphatic rings. The predicted octanol–water partition coefficient (Wildman–Crippen LogP) is 1.43. The number of hydrogen-bond donors (Lipinski definition) is 2. The molecule has 0 saturated heterocycles. The molecule has 0 amide bonds. The number of H-pyrrole nitrogens is 1. The molecule has 0 spiro atoms. The number of rotatable bonds is 2. The molecule has 3 heteroatoms. The lowest BCUT2D eigenvalue weighted by molar-refractivity contribution is 0.638. The lowest BCUT2D eigenvalue weighted by atomic mass is 10.00. The molecule has 1 aromatic heterocycles. The molecule has 1 aromatic rings. The number of aromatic amines is 1. The van der Waals surface area contributed by atoms with Crippen LogP contribution in [0.1, 0.15) is 31.9 Å². The Kier molecular flexibility index (Phi) is 1.22. The van der Waals surface area contributed by atoms with E-state index in [2.05, 4.69) is 17.1 Å². The van der Waals surface area contributed by atoms with Gasteiger partial charge >= 0.3 is 0 Å². The van der Waals surface area contributed by atoms with E-state index >= 15 is 0 Å². The van der Waals surface area contributed by atoms with E-state index in [-0.39, 0.29) is 0 Å². The average molecular weight is 151 g/mol. The van der Waals surface area contributed by atoms with Crippen LogP contribution in [0.15, 0.2) is 6.07 Å². The Balaban J connectivity index is 2.29. The Morgan fingerprint density at radius 3 is 2.82 bits per heavy atom. The van der Waals surface area contributed by atoms with E-state index in [0.717, 1.165) is 0 Å². The molecule has 0 atom stereocenters. The predicted molar refractivity (Wildman–Crippen MR) is 44.2 cm³/mol. The fraction of sp³-hybridized carbons (Fsp3) is 0.625. The first-order valence-electron chi connectivity index (χ1n) is 4.08. The summed E-state index contributed by atoms with van der Waals surface area (Å²) in [5, 5.41) is 6.91. The lowest BCUT2D eigenvalue weighted by Crippen LogP contribution is -2.04. The fourth-order valence-electron chi connectivity index (χ4n) is 1.57. The average Bonchev–Trinajstić information content (AvgIpc) is 2.70. The maximum Gasteiger partial charge on any atom is 0.145 e. The van der Waals surface area contributed by atoms with Crippen LogP contribution in [0, 0.1) is 0 Å². The maximum atomic E-state index is 5.52. The molecule has 1 heterocycles. The standard InChI is InChI=1S/C8H13N3/c1-2-8(3-4-8)6-5-7(9)11-10-6/h5H,2-4H2,1H3,(H3,9,10,11). The highest BCUT2D eigenvalue weighted by molar-refractivity contribution is 5.35. The highest BCUT2D eigenvalue weighted by Crippen LogP contribution is 2.50. The van der Waals surface area contributed by atoms with Gasteiger partial charge in [0.2, 0.25) is 0 Å². The number of aromatic nitrogens is 2. The van der Waals surface area contributed by atoms with Crippen LogP contribution in [0.2, 0.25) is 0 Å². The molecular formula is C8H13N3. The molecule has 11 heavy (non-hydrogen) atoms. The van der Waals surface area contributed by atoms with Crippen molar-refractivity contribution in [3.63, 3.8) is 0 Å². The third-order valence-corrected chi connectivity index (χ3v) is 2.70. The Labute approximate surface area is 66.0 Å². The minimum Gasteiger partial charge on any atom is -0.382 e. The van der Waals surface area contributed by atoms with Crippen LogP contribution in [-0.4, -0.2) is 10.2 Å². The van der Waals surface area contributed by atoms with Crippen molar-refractivity contribution in [1.82, 2.24) is 10.2 Å². The summed E-state index contributed by atoms with van der Waals surface area (Å²) in [6.07, 6.45) is 3.75. The van der Waals surface area contributed by atoms with E-state index in [1.165, 1.54) is 25.0 Å². The second-order valence-electron chi connectivity index (χ2n) is 3.34. The van der Waals surface area contributed by atoms with Crippen LogP contribution in [0.5, 0.6) is 0 Å². The van der Waals surface area contributed by atoms with Gasteiger partial charge in [-0.3, -0.25) is 5.10 Å². The molecule has 1 aliphatic carbocycles. The molecule has 0 bridgehead atoms. The topological polar surface area (TPSA) is 54.7 Å². The van der Waals surface area contributed by atoms with Gasteiger partial charge in [0, 0.05) is 17.2 Å². The van der Waals surface area contributed by atoms with Crippen LogP contribution < -0.4 is 5.73 Å². The summed E-state index contributed by atoms with van der Waals surface area (Å²) in [6.45, 7) is 2.21. The van der Waals surface area contributed by atoms with Crippen molar-refractivity contribution in [3.05, 3.63) is 11.8 Å². The van der Waals surface area contributed by atoms with Crippen molar-refractivity contribution < 1.29 is 0 Å². The first-order valence-corrected chi connectivity index (χ1v) is 4.08. The van der Waals surface area contributed by atoms with Crippen molar-refractivity contribution in [3.8, 4) is 0 Å². The van der Waals surface area contributed by atoms with Gasteiger partial charge in [-0.1, -0.05) is 6.92 Å². The molecule has 0 radical (unpaired) electrons. The number of nitrogen functional groups attached to an aromatic ring is 1. The Hall–Kier alpha value is -0.990. The molecule has 0 aliphatic heterocycles. The molecule has 0 aromatic carbocycles. The summed E-state index contributed by atoms with van der Waals surface area (Å²) in [5.41, 5.74) is 7.14. The van der Waals surface area contributed by atoms with E-state index in [4.69, 9.17) is 5.73 Å². The van der Waals surface area contributed by atoms with Gasteiger partial charge in [-0.25, -0.2) is 0 Å². The summed E-state index contributed by atoms with van der Waals surface area (Å²) in [7, 11) is 0. The van der Waals surface area contributed by atoms with Gasteiger partial charge in [0.1, 0.15) is 5.82 Å². The fourth-order valence-corrected chi connectivity index (χ4v) is 1.57. The first-order chi connectivity index (χ1) is 5.27. The zero-order valence-electron chi connectivity index (χ0n) is 6.72. The Morgan fingerprint density at radius 1 is 1.73 bits per heavy atom. The van der Waals surface area contributed by atoms with Crippen LogP contribution in [0.4, 0.5) is 5.82 Å². The zero-order valence-corrected chi connectivity index (χ0v) is 6.72. The van der Waals surface area contributed by atoms with Gasteiger partial charge in [-0.05, 0) is 19.3 Å². The number of hydrogen-bond acceptors (Lipinski definition) is 2. The monoisotopic (exact) mass is 151 g/mol. The summed E-state index contributed by atoms with van der Waals surface area (Å²) < 4.78 is 0. The van der Waals surface area contributed by atoms with Crippen molar-refractivity contribution >= 4 is 5.82 Å². The van der Waals surface area contributed by atoms with E-state index in [1.54, 1.807) is 0 Å². The normalized spacial score (nSPS) is 20.1. The van der Waals surface area contributed by atoms with Crippen molar-refractivity contribution in [2.75, 3.05) is 5.73 Å². The van der Waals surface area contributed by atoms with Gasteiger partial charge in [0.25, 0.3) is 0 Å². The minimum absolute atomic E-state index is 0.407. The van der Waals surface area contributed by atoms with Crippen molar-refractivity contribution in [2.45, 2.75) is 31.6 Å². The highest BCUT2D eigenvalue weighted by atomic mass is 15.2. The summed E-state index contributed by atoms with van der Waals surface area (Å²) in [4.78, 5) is 0. The van der Waals surface area contributed by atoms with E-state index < -0.39 is 0 Å². The Morgan fingerprint density at radius 2 is 2.45 bits per heavy atom. The molecule has 0 unspecified atom stereocenters. The molecule has 60 valence electrons. The van der Waals surface area contributed by atoms with Gasteiger partial charge in [0.15, 0.2) is 0 Å². The van der Waals surface area contributed by atoms with Crippen LogP contribution in [-0.2, 0) is 5.41 Å². The van der Waals surface area contributed by atoms with Crippen LogP contribution in [0.25, 0.3) is 0 Å². The second-order valence-corrected chi connectivity index (χ2v) is 3.34. The third kappa shape index (κ3) is 0.914. The van der Waals surface area contributed by atoms with Gasteiger partial charge in [0.05, 0.1) is 0 Å². The minimum atomic E-state index is 0.407. The smallest absolute Gasteiger partial charge is 0.145 e. The summed E-state index contributed by atoms with van der Waals surface area (Å²) in [6, 6.07) is 1.95. The van der Waals surface area contributed by atoms with E-state index in [1.807, 2.05) is 6.07 Å². The van der Waals surface area contributed by atoms with Gasteiger partial charge in [-0.2, -0.15) is 5.10 Å².